The van der Waals surface area contributed by atoms with Gasteiger partial charge in [-0.1, -0.05) is 11.6 Å². The molecule has 0 spiro atoms. The second kappa shape index (κ2) is 3.50. The number of cyclic esters (lactones) is 1. The maximum absolute atomic E-state index is 11.3. The van der Waals surface area contributed by atoms with Gasteiger partial charge in [-0.2, -0.15) is 0 Å². The zero-order chi connectivity index (χ0) is 10.1. The molecule has 4 heteroatoms. The molecule has 0 unspecified atom stereocenters. The highest BCUT2D eigenvalue weighted by molar-refractivity contribution is 6.30. The van der Waals surface area contributed by atoms with Gasteiger partial charge in [0, 0.05) is 10.7 Å². The molecule has 1 atom stereocenters. The number of hydrogen-bond acceptors (Lipinski definition) is 2. The highest BCUT2D eigenvalue weighted by Crippen LogP contribution is 2.24. The SMILES string of the molecule is C[C@@H]1COC(=O)N1c1ccc(Cl)cc1. The van der Waals surface area contributed by atoms with E-state index in [1.165, 1.54) is 0 Å². The maximum atomic E-state index is 11.3. The molecule has 2 rings (SSSR count). The van der Waals surface area contributed by atoms with Gasteiger partial charge in [-0.05, 0) is 31.2 Å². The summed E-state index contributed by atoms with van der Waals surface area (Å²) < 4.78 is 4.92. The molecule has 1 aromatic rings. The van der Waals surface area contributed by atoms with Gasteiger partial charge in [0.1, 0.15) is 6.61 Å². The van der Waals surface area contributed by atoms with Crippen LogP contribution in [0.5, 0.6) is 0 Å². The molecule has 0 bridgehead atoms. The summed E-state index contributed by atoms with van der Waals surface area (Å²) in [4.78, 5) is 13.0. The summed E-state index contributed by atoms with van der Waals surface area (Å²) in [5, 5.41) is 0.661. The topological polar surface area (TPSA) is 29.5 Å². The van der Waals surface area contributed by atoms with Crippen LogP contribution in [0.1, 0.15) is 6.92 Å². The van der Waals surface area contributed by atoms with E-state index in [4.69, 9.17) is 16.3 Å². The van der Waals surface area contributed by atoms with Gasteiger partial charge in [-0.15, -0.1) is 0 Å². The van der Waals surface area contributed by atoms with Gasteiger partial charge in [0.25, 0.3) is 0 Å². The minimum atomic E-state index is -0.292. The number of hydrogen-bond donors (Lipinski definition) is 0. The number of ether oxygens (including phenoxy) is 1. The summed E-state index contributed by atoms with van der Waals surface area (Å²) in [7, 11) is 0. The molecule has 1 aromatic carbocycles. The van der Waals surface area contributed by atoms with Crippen molar-refractivity contribution >= 4 is 23.4 Å². The van der Waals surface area contributed by atoms with E-state index in [-0.39, 0.29) is 12.1 Å². The lowest BCUT2D eigenvalue weighted by molar-refractivity contribution is 0.179. The summed E-state index contributed by atoms with van der Waals surface area (Å²) in [6.45, 7) is 2.39. The Bertz CT molecular complexity index is 350. The van der Waals surface area contributed by atoms with Crippen LogP contribution < -0.4 is 4.90 Å². The van der Waals surface area contributed by atoms with E-state index in [9.17, 15) is 4.79 Å². The van der Waals surface area contributed by atoms with Crippen LogP contribution in [0.3, 0.4) is 0 Å². The molecule has 1 aliphatic heterocycles. The van der Waals surface area contributed by atoms with Gasteiger partial charge in [0.2, 0.25) is 0 Å². The van der Waals surface area contributed by atoms with Crippen molar-refractivity contribution in [2.75, 3.05) is 11.5 Å². The van der Waals surface area contributed by atoms with Gasteiger partial charge >= 0.3 is 6.09 Å². The predicted octanol–water partition coefficient (Wildman–Crippen LogP) is 2.69. The lowest BCUT2D eigenvalue weighted by Gasteiger charge is -2.17. The van der Waals surface area contributed by atoms with Gasteiger partial charge in [-0.3, -0.25) is 4.90 Å². The number of carbonyl (C=O) groups excluding carboxylic acids is 1. The second-order valence-corrected chi connectivity index (χ2v) is 3.71. The van der Waals surface area contributed by atoms with Crippen LogP contribution in [0.4, 0.5) is 10.5 Å². The fraction of sp³-hybridized carbons (Fsp3) is 0.300. The van der Waals surface area contributed by atoms with Crippen molar-refractivity contribution in [3.05, 3.63) is 29.3 Å². The number of amides is 1. The van der Waals surface area contributed by atoms with Crippen molar-refractivity contribution in [3.63, 3.8) is 0 Å². The lowest BCUT2D eigenvalue weighted by Crippen LogP contribution is -2.30. The molecule has 14 heavy (non-hydrogen) atoms. The van der Waals surface area contributed by atoms with E-state index in [0.717, 1.165) is 5.69 Å². The Morgan fingerprint density at radius 1 is 1.43 bits per heavy atom. The fourth-order valence-corrected chi connectivity index (χ4v) is 1.60. The second-order valence-electron chi connectivity index (χ2n) is 3.27. The van der Waals surface area contributed by atoms with E-state index in [2.05, 4.69) is 0 Å². The smallest absolute Gasteiger partial charge is 0.414 e. The molecule has 1 heterocycles. The van der Waals surface area contributed by atoms with E-state index < -0.39 is 0 Å². The average Bonchev–Trinajstić information content (AvgIpc) is 2.49. The number of benzene rings is 1. The molecule has 3 nitrogen and oxygen atoms in total. The molecule has 0 N–H and O–H groups in total. The number of nitrogens with zero attached hydrogens (tertiary/aromatic N) is 1. The first-order valence-electron chi connectivity index (χ1n) is 4.40. The van der Waals surface area contributed by atoms with Crippen molar-refractivity contribution < 1.29 is 9.53 Å². The van der Waals surface area contributed by atoms with E-state index >= 15 is 0 Å². The van der Waals surface area contributed by atoms with Crippen LogP contribution >= 0.6 is 11.6 Å². The highest BCUT2D eigenvalue weighted by atomic mass is 35.5. The van der Waals surface area contributed by atoms with E-state index in [0.29, 0.717) is 11.6 Å². The molecule has 0 saturated carbocycles. The van der Waals surface area contributed by atoms with Crippen molar-refractivity contribution in [1.82, 2.24) is 0 Å². The third-order valence-electron chi connectivity index (χ3n) is 2.19. The Balaban J connectivity index is 2.30. The first-order valence-corrected chi connectivity index (χ1v) is 4.78. The first-order chi connectivity index (χ1) is 6.68. The number of anilines is 1. The number of rotatable bonds is 1. The van der Waals surface area contributed by atoms with Gasteiger partial charge in [-0.25, -0.2) is 4.79 Å². The summed E-state index contributed by atoms with van der Waals surface area (Å²) in [6, 6.07) is 7.23. The first kappa shape index (κ1) is 9.34. The molecule has 74 valence electrons. The molecular formula is C10H10ClNO2. The van der Waals surface area contributed by atoms with Crippen molar-refractivity contribution in [1.29, 1.82) is 0 Å². The molecule has 0 radical (unpaired) electrons. The summed E-state index contributed by atoms with van der Waals surface area (Å²) in [5.74, 6) is 0. The molecule has 1 saturated heterocycles. The zero-order valence-corrected chi connectivity index (χ0v) is 8.49. The molecule has 0 aromatic heterocycles. The quantitative estimate of drug-likeness (QED) is 0.715. The summed E-state index contributed by atoms with van der Waals surface area (Å²) >= 11 is 5.76. The Hall–Kier alpha value is -1.22. The Morgan fingerprint density at radius 2 is 2.07 bits per heavy atom. The maximum Gasteiger partial charge on any atom is 0.414 e. The van der Waals surface area contributed by atoms with Crippen molar-refractivity contribution in [2.45, 2.75) is 13.0 Å². The fourth-order valence-electron chi connectivity index (χ4n) is 1.48. The van der Waals surface area contributed by atoms with Crippen LogP contribution in [0.15, 0.2) is 24.3 Å². The number of halogens is 1. The van der Waals surface area contributed by atoms with Gasteiger partial charge < -0.3 is 4.74 Å². The lowest BCUT2D eigenvalue weighted by atomic mass is 10.2. The van der Waals surface area contributed by atoms with E-state index in [1.54, 1.807) is 17.0 Å². The van der Waals surface area contributed by atoms with Crippen LogP contribution in [0.25, 0.3) is 0 Å². The van der Waals surface area contributed by atoms with Crippen LogP contribution in [-0.4, -0.2) is 18.7 Å². The molecule has 1 fully saturated rings. The zero-order valence-electron chi connectivity index (χ0n) is 7.74. The molecular weight excluding hydrogens is 202 g/mol. The van der Waals surface area contributed by atoms with Gasteiger partial charge in [0.05, 0.1) is 6.04 Å². The Morgan fingerprint density at radius 3 is 2.57 bits per heavy atom. The summed E-state index contributed by atoms with van der Waals surface area (Å²) in [5.41, 5.74) is 0.824. The third-order valence-corrected chi connectivity index (χ3v) is 2.44. The molecule has 0 aliphatic carbocycles. The number of carbonyl (C=O) groups is 1. The minimum Gasteiger partial charge on any atom is -0.447 e. The summed E-state index contributed by atoms with van der Waals surface area (Å²) in [6.07, 6.45) is -0.292. The Labute approximate surface area is 87.2 Å². The Kier molecular flexibility index (Phi) is 2.33. The predicted molar refractivity (Wildman–Crippen MR) is 54.7 cm³/mol. The standard InChI is InChI=1S/C10H10ClNO2/c1-7-6-14-10(13)12(7)9-4-2-8(11)3-5-9/h2-5,7H,6H2,1H3/t7-/m1/s1. The monoisotopic (exact) mass is 211 g/mol. The normalized spacial score (nSPS) is 21.1. The average molecular weight is 212 g/mol. The molecule has 1 aliphatic rings. The third kappa shape index (κ3) is 1.55. The highest BCUT2D eigenvalue weighted by Gasteiger charge is 2.30. The minimum absolute atomic E-state index is 0.0867. The van der Waals surface area contributed by atoms with Crippen molar-refractivity contribution in [3.8, 4) is 0 Å². The van der Waals surface area contributed by atoms with Crippen molar-refractivity contribution in [2.24, 2.45) is 0 Å². The van der Waals surface area contributed by atoms with Crippen LogP contribution in [-0.2, 0) is 4.74 Å². The van der Waals surface area contributed by atoms with Crippen LogP contribution in [0, 0.1) is 0 Å². The van der Waals surface area contributed by atoms with Crippen LogP contribution in [0.2, 0.25) is 5.02 Å². The molecule has 1 amide bonds. The van der Waals surface area contributed by atoms with E-state index in [1.807, 2.05) is 19.1 Å². The van der Waals surface area contributed by atoms with Gasteiger partial charge in [0.15, 0.2) is 0 Å². The largest absolute Gasteiger partial charge is 0.447 e.